The van der Waals surface area contributed by atoms with Crippen LogP contribution in [0.4, 0.5) is 8.78 Å². The van der Waals surface area contributed by atoms with Crippen molar-refractivity contribution in [3.63, 3.8) is 0 Å². The Morgan fingerprint density at radius 1 is 1.32 bits per heavy atom. The lowest BCUT2D eigenvalue weighted by Gasteiger charge is -2.30. The van der Waals surface area contributed by atoms with Crippen LogP contribution in [-0.2, 0) is 4.79 Å². The average Bonchev–Trinajstić information content (AvgIpc) is 2.40. The van der Waals surface area contributed by atoms with E-state index < -0.39 is 11.6 Å². The molecule has 0 aromatic heterocycles. The number of thioether (sulfide) groups is 1. The van der Waals surface area contributed by atoms with Gasteiger partial charge in [-0.15, -0.1) is 11.8 Å². The second-order valence-electron chi connectivity index (χ2n) is 4.58. The summed E-state index contributed by atoms with van der Waals surface area (Å²) in [5.41, 5.74) is 5.77. The molecule has 1 fully saturated rings. The molecule has 0 unspecified atom stereocenters. The second kappa shape index (κ2) is 6.34. The second-order valence-corrected chi connectivity index (χ2v) is 5.63. The predicted octanol–water partition coefficient (Wildman–Crippen LogP) is 2.01. The van der Waals surface area contributed by atoms with Gasteiger partial charge in [0, 0.05) is 24.0 Å². The fourth-order valence-electron chi connectivity index (χ4n) is 1.95. The molecule has 1 aromatic carbocycles. The largest absolute Gasteiger partial charge is 0.342 e. The van der Waals surface area contributed by atoms with E-state index in [9.17, 15) is 13.6 Å². The SMILES string of the molecule is NC1CCN(C(=O)CSc2ccc(F)c(F)c2)CC1. The fourth-order valence-corrected chi connectivity index (χ4v) is 2.78. The number of nitrogens with two attached hydrogens (primary N) is 1. The number of likely N-dealkylation sites (tertiary alicyclic amines) is 1. The lowest BCUT2D eigenvalue weighted by Crippen LogP contribution is -2.43. The number of nitrogens with zero attached hydrogens (tertiary/aromatic N) is 1. The Labute approximate surface area is 115 Å². The van der Waals surface area contributed by atoms with Gasteiger partial charge in [-0.25, -0.2) is 8.78 Å². The topological polar surface area (TPSA) is 46.3 Å². The zero-order valence-corrected chi connectivity index (χ0v) is 11.3. The lowest BCUT2D eigenvalue weighted by atomic mass is 10.1. The van der Waals surface area contributed by atoms with Crippen LogP contribution in [0.2, 0.25) is 0 Å². The number of hydrogen-bond acceptors (Lipinski definition) is 3. The third-order valence-corrected chi connectivity index (χ3v) is 4.12. The Bertz CT molecular complexity index is 462. The molecule has 3 nitrogen and oxygen atoms in total. The van der Waals surface area contributed by atoms with Crippen LogP contribution in [-0.4, -0.2) is 35.7 Å². The maximum absolute atomic E-state index is 13.0. The number of hydrogen-bond donors (Lipinski definition) is 1. The van der Waals surface area contributed by atoms with Gasteiger partial charge in [0.05, 0.1) is 5.75 Å². The number of piperidine rings is 1. The molecule has 1 saturated heterocycles. The Kier molecular flexibility index (Phi) is 4.76. The van der Waals surface area contributed by atoms with Crippen molar-refractivity contribution >= 4 is 17.7 Å². The highest BCUT2D eigenvalue weighted by atomic mass is 32.2. The first-order valence-corrected chi connectivity index (χ1v) is 7.16. The van der Waals surface area contributed by atoms with Gasteiger partial charge >= 0.3 is 0 Å². The van der Waals surface area contributed by atoms with E-state index in [2.05, 4.69) is 0 Å². The molecule has 1 aliphatic heterocycles. The highest BCUT2D eigenvalue weighted by Gasteiger charge is 2.20. The van der Waals surface area contributed by atoms with E-state index in [1.165, 1.54) is 17.8 Å². The Hall–Kier alpha value is -1.14. The number of carbonyl (C=O) groups is 1. The normalized spacial score (nSPS) is 16.7. The number of halogens is 2. The minimum atomic E-state index is -0.888. The number of benzene rings is 1. The number of amides is 1. The Balaban J connectivity index is 1.84. The fraction of sp³-hybridized carbons (Fsp3) is 0.462. The van der Waals surface area contributed by atoms with Gasteiger partial charge in [0.25, 0.3) is 0 Å². The third-order valence-electron chi connectivity index (χ3n) is 3.15. The predicted molar refractivity (Wildman–Crippen MR) is 70.9 cm³/mol. The summed E-state index contributed by atoms with van der Waals surface area (Å²) in [4.78, 5) is 14.3. The minimum absolute atomic E-state index is 0.0154. The summed E-state index contributed by atoms with van der Waals surface area (Å²) in [5.74, 6) is -1.51. The van der Waals surface area contributed by atoms with Gasteiger partial charge in [0.15, 0.2) is 11.6 Å². The zero-order chi connectivity index (χ0) is 13.8. The molecule has 0 aliphatic carbocycles. The molecular formula is C13H16F2N2OS. The molecule has 19 heavy (non-hydrogen) atoms. The van der Waals surface area contributed by atoms with Crippen molar-refractivity contribution in [2.24, 2.45) is 5.73 Å². The summed E-state index contributed by atoms with van der Waals surface area (Å²) in [6, 6.07) is 3.84. The number of carbonyl (C=O) groups excluding carboxylic acids is 1. The highest BCUT2D eigenvalue weighted by molar-refractivity contribution is 8.00. The summed E-state index contributed by atoms with van der Waals surface area (Å²) in [6.07, 6.45) is 1.64. The molecular weight excluding hydrogens is 270 g/mol. The molecule has 1 amide bonds. The van der Waals surface area contributed by atoms with Crippen LogP contribution in [0.3, 0.4) is 0 Å². The first kappa shape index (κ1) is 14.3. The van der Waals surface area contributed by atoms with Crippen LogP contribution in [0.25, 0.3) is 0 Å². The lowest BCUT2D eigenvalue weighted by molar-refractivity contribution is -0.129. The van der Waals surface area contributed by atoms with Crippen LogP contribution in [0.15, 0.2) is 23.1 Å². The van der Waals surface area contributed by atoms with E-state index in [1.54, 1.807) is 4.90 Å². The first-order chi connectivity index (χ1) is 9.06. The maximum atomic E-state index is 13.0. The van der Waals surface area contributed by atoms with E-state index in [-0.39, 0.29) is 17.7 Å². The standard InChI is InChI=1S/C13H16F2N2OS/c14-11-2-1-10(7-12(11)15)19-8-13(18)17-5-3-9(16)4-6-17/h1-2,7,9H,3-6,8,16H2. The Morgan fingerprint density at radius 3 is 2.63 bits per heavy atom. The van der Waals surface area contributed by atoms with E-state index in [1.807, 2.05) is 0 Å². The molecule has 104 valence electrons. The molecule has 6 heteroatoms. The zero-order valence-electron chi connectivity index (χ0n) is 10.4. The molecule has 1 aromatic rings. The molecule has 0 saturated carbocycles. The van der Waals surface area contributed by atoms with Crippen molar-refractivity contribution in [1.29, 1.82) is 0 Å². The van der Waals surface area contributed by atoms with Crippen molar-refractivity contribution < 1.29 is 13.6 Å². The van der Waals surface area contributed by atoms with E-state index in [0.717, 1.165) is 25.0 Å². The highest BCUT2D eigenvalue weighted by Crippen LogP contribution is 2.21. The van der Waals surface area contributed by atoms with Crippen molar-refractivity contribution in [2.45, 2.75) is 23.8 Å². The van der Waals surface area contributed by atoms with Gasteiger partial charge < -0.3 is 10.6 Å². The van der Waals surface area contributed by atoms with Crippen molar-refractivity contribution in [1.82, 2.24) is 4.90 Å². The summed E-state index contributed by atoms with van der Waals surface area (Å²) in [5, 5.41) is 0. The number of rotatable bonds is 3. The van der Waals surface area contributed by atoms with E-state index in [0.29, 0.717) is 18.0 Å². The van der Waals surface area contributed by atoms with Gasteiger partial charge in [0.2, 0.25) is 5.91 Å². The van der Waals surface area contributed by atoms with E-state index >= 15 is 0 Å². The molecule has 0 spiro atoms. The van der Waals surface area contributed by atoms with Crippen LogP contribution in [0, 0.1) is 11.6 Å². The molecule has 2 rings (SSSR count). The summed E-state index contributed by atoms with van der Waals surface area (Å²) in [6.45, 7) is 1.36. The monoisotopic (exact) mass is 286 g/mol. The van der Waals surface area contributed by atoms with Crippen LogP contribution in [0.1, 0.15) is 12.8 Å². The smallest absolute Gasteiger partial charge is 0.232 e. The molecule has 2 N–H and O–H groups in total. The van der Waals surface area contributed by atoms with Crippen LogP contribution in [0.5, 0.6) is 0 Å². The van der Waals surface area contributed by atoms with Crippen LogP contribution < -0.4 is 5.73 Å². The summed E-state index contributed by atoms with van der Waals surface area (Å²) < 4.78 is 25.8. The summed E-state index contributed by atoms with van der Waals surface area (Å²) >= 11 is 1.22. The van der Waals surface area contributed by atoms with Crippen molar-refractivity contribution in [3.8, 4) is 0 Å². The van der Waals surface area contributed by atoms with E-state index in [4.69, 9.17) is 5.73 Å². The van der Waals surface area contributed by atoms with Crippen LogP contribution >= 0.6 is 11.8 Å². The summed E-state index contributed by atoms with van der Waals surface area (Å²) in [7, 11) is 0. The van der Waals surface area contributed by atoms with Gasteiger partial charge in [-0.2, -0.15) is 0 Å². The first-order valence-electron chi connectivity index (χ1n) is 6.17. The quantitative estimate of drug-likeness (QED) is 0.865. The third kappa shape index (κ3) is 3.91. The molecule has 0 radical (unpaired) electrons. The van der Waals surface area contributed by atoms with Gasteiger partial charge in [0.1, 0.15) is 0 Å². The molecule has 0 bridgehead atoms. The minimum Gasteiger partial charge on any atom is -0.342 e. The van der Waals surface area contributed by atoms with Gasteiger partial charge in [-0.3, -0.25) is 4.79 Å². The molecule has 0 atom stereocenters. The molecule has 1 aliphatic rings. The maximum Gasteiger partial charge on any atom is 0.232 e. The Morgan fingerprint density at radius 2 is 2.00 bits per heavy atom. The van der Waals surface area contributed by atoms with Crippen molar-refractivity contribution in [2.75, 3.05) is 18.8 Å². The van der Waals surface area contributed by atoms with Crippen molar-refractivity contribution in [3.05, 3.63) is 29.8 Å². The average molecular weight is 286 g/mol. The van der Waals surface area contributed by atoms with Gasteiger partial charge in [-0.05, 0) is 31.0 Å². The van der Waals surface area contributed by atoms with Gasteiger partial charge in [-0.1, -0.05) is 0 Å². The molecule has 1 heterocycles.